The lowest BCUT2D eigenvalue weighted by Crippen LogP contribution is -2.16. The molecule has 0 radical (unpaired) electrons. The van der Waals surface area contributed by atoms with Crippen molar-refractivity contribution in [1.29, 1.82) is 0 Å². The molecule has 0 saturated carbocycles. The van der Waals surface area contributed by atoms with Gasteiger partial charge in [-0.2, -0.15) is 0 Å². The molecule has 5 heteroatoms. The quantitative estimate of drug-likeness (QED) is 0.631. The number of ether oxygens (including phenoxy) is 3. The van der Waals surface area contributed by atoms with Crippen LogP contribution in [0.25, 0.3) is 6.08 Å². The van der Waals surface area contributed by atoms with Gasteiger partial charge >= 0.3 is 0 Å². The molecule has 28 heavy (non-hydrogen) atoms. The van der Waals surface area contributed by atoms with Crippen molar-refractivity contribution in [1.82, 2.24) is 0 Å². The monoisotopic (exact) mass is 399 g/mol. The van der Waals surface area contributed by atoms with Crippen molar-refractivity contribution in [2.24, 2.45) is 4.99 Å². The summed E-state index contributed by atoms with van der Waals surface area (Å²) in [6.45, 7) is 3.36. The molecule has 2 aliphatic rings. The van der Waals surface area contributed by atoms with Gasteiger partial charge in [-0.05, 0) is 47.9 Å². The molecule has 1 unspecified atom stereocenters. The average Bonchev–Trinajstić information content (AvgIpc) is 3.17. The van der Waals surface area contributed by atoms with Crippen LogP contribution in [0, 0.1) is 0 Å². The fourth-order valence-corrected chi connectivity index (χ4v) is 3.64. The van der Waals surface area contributed by atoms with Gasteiger partial charge in [0.15, 0.2) is 11.5 Å². The summed E-state index contributed by atoms with van der Waals surface area (Å²) in [5.74, 6) is 2.98. The van der Waals surface area contributed by atoms with E-state index in [-0.39, 0.29) is 12.4 Å². The average molecular weight is 400 g/mol. The molecule has 2 aromatic carbocycles. The first kappa shape index (κ1) is 20.3. The zero-order valence-electron chi connectivity index (χ0n) is 16.3. The summed E-state index contributed by atoms with van der Waals surface area (Å²) >= 11 is 0. The number of allylic oxidation sites excluding steroid dienone is 1. The van der Waals surface area contributed by atoms with E-state index in [1.54, 1.807) is 7.11 Å². The van der Waals surface area contributed by atoms with E-state index in [2.05, 4.69) is 31.2 Å². The van der Waals surface area contributed by atoms with Crippen LogP contribution in [-0.4, -0.2) is 26.2 Å². The first-order chi connectivity index (χ1) is 13.3. The predicted octanol–water partition coefficient (Wildman–Crippen LogP) is 5.64. The van der Waals surface area contributed by atoms with Crippen molar-refractivity contribution in [2.75, 3.05) is 20.4 Å². The fourth-order valence-electron chi connectivity index (χ4n) is 3.64. The number of aliphatic imine (C=N–C) groups is 1. The van der Waals surface area contributed by atoms with E-state index in [1.807, 2.05) is 24.3 Å². The van der Waals surface area contributed by atoms with Crippen LogP contribution >= 0.6 is 12.4 Å². The van der Waals surface area contributed by atoms with Crippen LogP contribution in [0.4, 0.5) is 0 Å². The minimum absolute atomic E-state index is 0. The Bertz CT molecular complexity index is 874. The third-order valence-corrected chi connectivity index (χ3v) is 5.20. The number of unbranched alkanes of at least 4 members (excludes halogenated alkanes) is 1. The van der Waals surface area contributed by atoms with Crippen LogP contribution < -0.4 is 14.2 Å². The fraction of sp³-hybridized carbons (Fsp3) is 0.348. The summed E-state index contributed by atoms with van der Waals surface area (Å²) in [6, 6.07) is 12.3. The Morgan fingerprint density at radius 1 is 1.11 bits per heavy atom. The molecule has 0 aromatic heterocycles. The van der Waals surface area contributed by atoms with Crippen LogP contribution in [0.3, 0.4) is 0 Å². The molecule has 4 rings (SSSR count). The highest BCUT2D eigenvalue weighted by molar-refractivity contribution is 6.12. The van der Waals surface area contributed by atoms with Gasteiger partial charge in [0.25, 0.3) is 0 Å². The van der Waals surface area contributed by atoms with Gasteiger partial charge in [-0.15, -0.1) is 12.4 Å². The van der Waals surface area contributed by atoms with E-state index in [1.165, 1.54) is 18.4 Å². The zero-order valence-corrected chi connectivity index (χ0v) is 17.1. The second-order valence-electron chi connectivity index (χ2n) is 6.96. The van der Waals surface area contributed by atoms with Crippen LogP contribution in [0.15, 0.2) is 47.5 Å². The standard InChI is InChI=1S/C23H25NO3.ClH/c1-3-4-5-17-14-24-21(11-8-16-6-9-18(25-2)10-7-16)20-13-23-22(12-19(17)20)26-15-27-23;/h6-13,17H,3-5,14-15H2,1-2H3;1H. The molecule has 2 aliphatic heterocycles. The number of hydrogen-bond acceptors (Lipinski definition) is 4. The topological polar surface area (TPSA) is 40.0 Å². The number of hydrogen-bond donors (Lipinski definition) is 0. The highest BCUT2D eigenvalue weighted by Crippen LogP contribution is 2.40. The van der Waals surface area contributed by atoms with Gasteiger partial charge in [0.2, 0.25) is 6.79 Å². The van der Waals surface area contributed by atoms with Gasteiger partial charge < -0.3 is 14.2 Å². The normalized spacial score (nSPS) is 17.1. The SMILES string of the molecule is CCCCC1CN=C(C=Cc2ccc(OC)cc2)c2cc3c(cc21)OCO3.Cl. The Morgan fingerprint density at radius 3 is 2.57 bits per heavy atom. The van der Waals surface area contributed by atoms with Gasteiger partial charge in [-0.25, -0.2) is 0 Å². The largest absolute Gasteiger partial charge is 0.497 e. The molecule has 0 saturated heterocycles. The van der Waals surface area contributed by atoms with Crippen LogP contribution in [0.2, 0.25) is 0 Å². The summed E-state index contributed by atoms with van der Waals surface area (Å²) in [5, 5.41) is 0. The minimum Gasteiger partial charge on any atom is -0.497 e. The Kier molecular flexibility index (Phi) is 6.63. The molecule has 4 nitrogen and oxygen atoms in total. The van der Waals surface area contributed by atoms with Gasteiger partial charge in [-0.3, -0.25) is 4.99 Å². The number of benzene rings is 2. The third-order valence-electron chi connectivity index (χ3n) is 5.20. The third kappa shape index (κ3) is 4.17. The Morgan fingerprint density at radius 2 is 1.86 bits per heavy atom. The maximum absolute atomic E-state index is 5.61. The van der Waals surface area contributed by atoms with Crippen LogP contribution in [0.1, 0.15) is 48.8 Å². The second-order valence-corrected chi connectivity index (χ2v) is 6.96. The molecular formula is C23H26ClNO3. The summed E-state index contributed by atoms with van der Waals surface area (Å²) in [5.41, 5.74) is 4.62. The Hall–Kier alpha value is -2.46. The number of rotatable bonds is 6. The van der Waals surface area contributed by atoms with E-state index in [4.69, 9.17) is 19.2 Å². The first-order valence-corrected chi connectivity index (χ1v) is 9.59. The highest BCUT2D eigenvalue weighted by atomic mass is 35.5. The van der Waals surface area contributed by atoms with Crippen molar-refractivity contribution in [3.05, 3.63) is 59.2 Å². The molecule has 0 fully saturated rings. The van der Waals surface area contributed by atoms with Crippen molar-refractivity contribution >= 4 is 24.2 Å². The molecule has 2 heterocycles. The molecule has 148 valence electrons. The second kappa shape index (κ2) is 9.16. The zero-order chi connectivity index (χ0) is 18.6. The Balaban J connectivity index is 0.00000225. The van der Waals surface area contributed by atoms with Crippen molar-refractivity contribution in [3.8, 4) is 17.2 Å². The predicted molar refractivity (Wildman–Crippen MR) is 116 cm³/mol. The molecule has 0 bridgehead atoms. The van der Waals surface area contributed by atoms with E-state index >= 15 is 0 Å². The smallest absolute Gasteiger partial charge is 0.231 e. The summed E-state index contributed by atoms with van der Waals surface area (Å²) < 4.78 is 16.4. The minimum atomic E-state index is 0. The molecule has 0 N–H and O–H groups in total. The first-order valence-electron chi connectivity index (χ1n) is 9.59. The highest BCUT2D eigenvalue weighted by Gasteiger charge is 2.26. The number of nitrogens with zero attached hydrogens (tertiary/aromatic N) is 1. The van der Waals surface area contributed by atoms with Crippen molar-refractivity contribution < 1.29 is 14.2 Å². The van der Waals surface area contributed by atoms with E-state index in [0.29, 0.717) is 12.7 Å². The number of halogens is 1. The van der Waals surface area contributed by atoms with Crippen molar-refractivity contribution in [2.45, 2.75) is 32.1 Å². The molecule has 0 aliphatic carbocycles. The van der Waals surface area contributed by atoms with Gasteiger partial charge in [0, 0.05) is 18.0 Å². The number of fused-ring (bicyclic) bond motifs is 2. The summed E-state index contributed by atoms with van der Waals surface area (Å²) in [6.07, 6.45) is 7.76. The molecular weight excluding hydrogens is 374 g/mol. The molecule has 1 atom stereocenters. The van der Waals surface area contributed by atoms with Gasteiger partial charge in [-0.1, -0.05) is 38.0 Å². The summed E-state index contributed by atoms with van der Waals surface area (Å²) in [4.78, 5) is 4.89. The molecule has 2 aromatic rings. The van der Waals surface area contributed by atoms with E-state index < -0.39 is 0 Å². The molecule has 0 spiro atoms. The lowest BCUT2D eigenvalue weighted by molar-refractivity contribution is 0.174. The lowest BCUT2D eigenvalue weighted by atomic mass is 9.85. The maximum atomic E-state index is 5.61. The number of methoxy groups -OCH3 is 1. The van der Waals surface area contributed by atoms with E-state index in [9.17, 15) is 0 Å². The van der Waals surface area contributed by atoms with Gasteiger partial charge in [0.1, 0.15) is 5.75 Å². The van der Waals surface area contributed by atoms with Gasteiger partial charge in [0.05, 0.1) is 12.8 Å². The lowest BCUT2D eigenvalue weighted by Gasteiger charge is -2.24. The van der Waals surface area contributed by atoms with Crippen LogP contribution in [-0.2, 0) is 0 Å². The Labute approximate surface area is 172 Å². The summed E-state index contributed by atoms with van der Waals surface area (Å²) in [7, 11) is 1.68. The van der Waals surface area contributed by atoms with Crippen LogP contribution in [0.5, 0.6) is 17.2 Å². The molecule has 0 amide bonds. The van der Waals surface area contributed by atoms with Crippen molar-refractivity contribution in [3.63, 3.8) is 0 Å². The van der Waals surface area contributed by atoms with E-state index in [0.717, 1.165) is 47.1 Å². The maximum Gasteiger partial charge on any atom is 0.231 e.